The van der Waals surface area contributed by atoms with Crippen LogP contribution in [0.4, 0.5) is 0 Å². The molecule has 1 aliphatic rings. The van der Waals surface area contributed by atoms with Gasteiger partial charge in [0.2, 0.25) is 0 Å². The lowest BCUT2D eigenvalue weighted by molar-refractivity contribution is 0.195. The maximum absolute atomic E-state index is 4.57. The van der Waals surface area contributed by atoms with Crippen LogP contribution in [-0.4, -0.2) is 36.1 Å². The second-order valence-corrected chi connectivity index (χ2v) is 4.85. The van der Waals surface area contributed by atoms with Crippen LogP contribution in [0, 0.1) is 0 Å². The van der Waals surface area contributed by atoms with Crippen molar-refractivity contribution in [1.29, 1.82) is 0 Å². The number of nitrogens with zero attached hydrogens (tertiary/aromatic N) is 2. The van der Waals surface area contributed by atoms with E-state index in [-0.39, 0.29) is 6.04 Å². The Bertz CT molecular complexity index is 452. The predicted molar refractivity (Wildman–Crippen MR) is 77.0 cm³/mol. The van der Waals surface area contributed by atoms with Crippen LogP contribution in [0.2, 0.25) is 0 Å². The molecule has 3 rings (SSSR count). The van der Waals surface area contributed by atoms with Crippen LogP contribution in [0.3, 0.4) is 0 Å². The van der Waals surface area contributed by atoms with E-state index in [4.69, 9.17) is 0 Å². The number of pyridine rings is 1. The Kier molecular flexibility index (Phi) is 3.86. The van der Waals surface area contributed by atoms with Crippen molar-refractivity contribution in [3.8, 4) is 0 Å². The van der Waals surface area contributed by atoms with Crippen molar-refractivity contribution in [2.24, 2.45) is 0 Å². The zero-order chi connectivity index (χ0) is 12.9. The number of piperazine rings is 1. The largest absolute Gasteiger partial charge is 0.314 e. The SMILES string of the molecule is c1ccc([C@@H](c2ccccn2)N2CCNCC2)cc1. The first-order valence-electron chi connectivity index (χ1n) is 6.86. The molecule has 0 saturated carbocycles. The lowest BCUT2D eigenvalue weighted by Crippen LogP contribution is -2.45. The third-order valence-electron chi connectivity index (χ3n) is 3.60. The molecular formula is C16H19N3. The first-order chi connectivity index (χ1) is 9.45. The minimum atomic E-state index is 0.268. The Labute approximate surface area is 114 Å². The van der Waals surface area contributed by atoms with Crippen LogP contribution in [0.1, 0.15) is 17.3 Å². The van der Waals surface area contributed by atoms with Gasteiger partial charge in [0, 0.05) is 32.4 Å². The van der Waals surface area contributed by atoms with Crippen molar-refractivity contribution in [2.75, 3.05) is 26.2 Å². The molecule has 1 aromatic heterocycles. The molecule has 0 aliphatic carbocycles. The highest BCUT2D eigenvalue weighted by atomic mass is 15.2. The third kappa shape index (κ3) is 2.83. The Morgan fingerprint density at radius 2 is 1.68 bits per heavy atom. The van der Waals surface area contributed by atoms with Gasteiger partial charge in [-0.25, -0.2) is 0 Å². The van der Waals surface area contributed by atoms with Gasteiger partial charge in [0.1, 0.15) is 0 Å². The standard InChI is InChI=1S/C16H19N3/c1-2-6-14(7-3-1)16(15-8-4-5-9-18-15)19-12-10-17-11-13-19/h1-9,16-17H,10-13H2/t16-/m0/s1. The van der Waals surface area contributed by atoms with Crippen LogP contribution >= 0.6 is 0 Å². The molecule has 3 heteroatoms. The number of aromatic nitrogens is 1. The lowest BCUT2D eigenvalue weighted by Gasteiger charge is -2.34. The molecule has 2 heterocycles. The van der Waals surface area contributed by atoms with Crippen LogP contribution in [0.5, 0.6) is 0 Å². The van der Waals surface area contributed by atoms with Crippen LogP contribution in [0.15, 0.2) is 54.7 Å². The first kappa shape index (κ1) is 12.3. The average molecular weight is 253 g/mol. The van der Waals surface area contributed by atoms with Gasteiger partial charge >= 0.3 is 0 Å². The van der Waals surface area contributed by atoms with E-state index in [2.05, 4.69) is 57.7 Å². The zero-order valence-electron chi connectivity index (χ0n) is 11.0. The van der Waals surface area contributed by atoms with Gasteiger partial charge in [-0.1, -0.05) is 36.4 Å². The quantitative estimate of drug-likeness (QED) is 0.907. The molecule has 98 valence electrons. The highest BCUT2D eigenvalue weighted by Crippen LogP contribution is 2.27. The maximum Gasteiger partial charge on any atom is 0.0777 e. The smallest absolute Gasteiger partial charge is 0.0777 e. The zero-order valence-corrected chi connectivity index (χ0v) is 11.0. The number of nitrogens with one attached hydrogen (secondary N) is 1. The van der Waals surface area contributed by atoms with Crippen LogP contribution < -0.4 is 5.32 Å². The van der Waals surface area contributed by atoms with E-state index >= 15 is 0 Å². The van der Waals surface area contributed by atoms with Crippen molar-refractivity contribution < 1.29 is 0 Å². The summed E-state index contributed by atoms with van der Waals surface area (Å²) in [6.45, 7) is 4.23. The summed E-state index contributed by atoms with van der Waals surface area (Å²) in [7, 11) is 0. The lowest BCUT2D eigenvalue weighted by atomic mass is 10.0. The summed E-state index contributed by atoms with van der Waals surface area (Å²) < 4.78 is 0. The first-order valence-corrected chi connectivity index (χ1v) is 6.86. The molecule has 1 aromatic carbocycles. The summed E-state index contributed by atoms with van der Waals surface area (Å²) in [4.78, 5) is 7.08. The monoisotopic (exact) mass is 253 g/mol. The van der Waals surface area contributed by atoms with Crippen LogP contribution in [-0.2, 0) is 0 Å². The number of rotatable bonds is 3. The molecule has 1 fully saturated rings. The van der Waals surface area contributed by atoms with Crippen molar-refractivity contribution >= 4 is 0 Å². The van der Waals surface area contributed by atoms with E-state index in [1.54, 1.807) is 0 Å². The van der Waals surface area contributed by atoms with Gasteiger partial charge in [0.15, 0.2) is 0 Å². The van der Waals surface area contributed by atoms with Crippen molar-refractivity contribution in [1.82, 2.24) is 15.2 Å². The molecule has 0 spiro atoms. The van der Waals surface area contributed by atoms with Crippen LogP contribution in [0.25, 0.3) is 0 Å². The number of hydrogen-bond acceptors (Lipinski definition) is 3. The average Bonchev–Trinajstić information content (AvgIpc) is 2.51. The van der Waals surface area contributed by atoms with Crippen molar-refractivity contribution in [2.45, 2.75) is 6.04 Å². The minimum Gasteiger partial charge on any atom is -0.314 e. The molecule has 1 saturated heterocycles. The molecule has 1 atom stereocenters. The number of hydrogen-bond donors (Lipinski definition) is 1. The van der Waals surface area contributed by atoms with E-state index < -0.39 is 0 Å². The van der Waals surface area contributed by atoms with Gasteiger partial charge in [-0.15, -0.1) is 0 Å². The fourth-order valence-electron chi connectivity index (χ4n) is 2.68. The molecule has 0 radical (unpaired) electrons. The third-order valence-corrected chi connectivity index (χ3v) is 3.60. The van der Waals surface area contributed by atoms with Gasteiger partial charge < -0.3 is 5.32 Å². The van der Waals surface area contributed by atoms with E-state index in [9.17, 15) is 0 Å². The summed E-state index contributed by atoms with van der Waals surface area (Å²) in [5.41, 5.74) is 2.46. The molecule has 1 N–H and O–H groups in total. The summed E-state index contributed by atoms with van der Waals surface area (Å²) in [6, 6.07) is 17.1. The van der Waals surface area contributed by atoms with Gasteiger partial charge in [-0.2, -0.15) is 0 Å². The molecule has 0 amide bonds. The molecule has 19 heavy (non-hydrogen) atoms. The highest BCUT2D eigenvalue weighted by molar-refractivity contribution is 5.27. The summed E-state index contributed by atoms with van der Waals surface area (Å²) >= 11 is 0. The van der Waals surface area contributed by atoms with Gasteiger partial charge in [-0.05, 0) is 17.7 Å². The van der Waals surface area contributed by atoms with Gasteiger partial charge in [0.25, 0.3) is 0 Å². The van der Waals surface area contributed by atoms with Crippen molar-refractivity contribution in [3.63, 3.8) is 0 Å². The minimum absolute atomic E-state index is 0.268. The molecular weight excluding hydrogens is 234 g/mol. The summed E-state index contributed by atoms with van der Waals surface area (Å²) in [5.74, 6) is 0. The Morgan fingerprint density at radius 3 is 2.37 bits per heavy atom. The Hall–Kier alpha value is -1.71. The maximum atomic E-state index is 4.57. The van der Waals surface area contributed by atoms with E-state index in [0.29, 0.717) is 0 Å². The fraction of sp³-hybridized carbons (Fsp3) is 0.312. The van der Waals surface area contributed by atoms with E-state index in [1.807, 2.05) is 12.3 Å². The number of benzene rings is 1. The topological polar surface area (TPSA) is 28.2 Å². The molecule has 2 aromatic rings. The second kappa shape index (κ2) is 5.95. The van der Waals surface area contributed by atoms with E-state index in [1.165, 1.54) is 5.56 Å². The summed E-state index contributed by atoms with van der Waals surface area (Å²) in [6.07, 6.45) is 1.88. The molecule has 3 nitrogen and oxygen atoms in total. The highest BCUT2D eigenvalue weighted by Gasteiger charge is 2.24. The molecule has 0 bridgehead atoms. The molecule has 1 aliphatic heterocycles. The fourth-order valence-corrected chi connectivity index (χ4v) is 2.68. The van der Waals surface area contributed by atoms with Crippen molar-refractivity contribution in [3.05, 3.63) is 66.0 Å². The van der Waals surface area contributed by atoms with Gasteiger partial charge in [-0.3, -0.25) is 9.88 Å². The molecule has 0 unspecified atom stereocenters. The van der Waals surface area contributed by atoms with E-state index in [0.717, 1.165) is 31.9 Å². The Balaban J connectivity index is 1.96. The summed E-state index contributed by atoms with van der Waals surface area (Å²) in [5, 5.41) is 3.41. The van der Waals surface area contributed by atoms with Gasteiger partial charge in [0.05, 0.1) is 11.7 Å². The Morgan fingerprint density at radius 1 is 0.947 bits per heavy atom. The normalized spacial score (nSPS) is 18.1. The second-order valence-electron chi connectivity index (χ2n) is 4.85. The predicted octanol–water partition coefficient (Wildman–Crippen LogP) is 2.08.